The molecule has 124 valence electrons. The molecule has 0 bridgehead atoms. The van der Waals surface area contributed by atoms with E-state index in [1.165, 1.54) is 25.5 Å². The van der Waals surface area contributed by atoms with Crippen molar-refractivity contribution in [3.63, 3.8) is 0 Å². The van der Waals surface area contributed by atoms with Crippen molar-refractivity contribution in [2.75, 3.05) is 7.11 Å². The van der Waals surface area contributed by atoms with Crippen molar-refractivity contribution in [1.82, 2.24) is 0 Å². The monoisotopic (exact) mass is 392 g/mol. The number of carbonyl (C=O) groups is 1. The molecule has 2 aromatic carbocycles. The number of nitro groups is 1. The highest BCUT2D eigenvalue weighted by Gasteiger charge is 2.17. The van der Waals surface area contributed by atoms with Gasteiger partial charge in [-0.15, -0.1) is 0 Å². The fraction of sp³-hybridized carbons (Fsp3) is 0.125. The second kappa shape index (κ2) is 7.22. The highest BCUT2D eigenvalue weighted by Crippen LogP contribution is 2.33. The van der Waals surface area contributed by atoms with Crippen LogP contribution in [0, 0.1) is 17.0 Å². The van der Waals surface area contributed by atoms with Gasteiger partial charge in [0.05, 0.1) is 23.3 Å². The van der Waals surface area contributed by atoms with E-state index in [1.807, 2.05) is 0 Å². The Morgan fingerprint density at radius 1 is 1.38 bits per heavy atom. The molecule has 0 atom stereocenters. The molecule has 0 spiro atoms. The summed E-state index contributed by atoms with van der Waals surface area (Å²) < 4.78 is 5.10. The molecule has 0 saturated carbocycles. The third-order valence-corrected chi connectivity index (χ3v) is 3.70. The van der Waals surface area contributed by atoms with Crippen LogP contribution in [0.15, 0.2) is 39.8 Å². The number of hydrogen-bond acceptors (Lipinski definition) is 6. The minimum atomic E-state index is -0.673. The average Bonchev–Trinajstić information content (AvgIpc) is 2.55. The van der Waals surface area contributed by atoms with Crippen molar-refractivity contribution in [3.8, 4) is 5.75 Å². The Kier molecular flexibility index (Phi) is 5.30. The molecule has 0 unspecified atom stereocenters. The molecular weight excluding hydrogens is 380 g/mol. The van der Waals surface area contributed by atoms with Crippen LogP contribution >= 0.6 is 15.9 Å². The summed E-state index contributed by atoms with van der Waals surface area (Å²) in [6, 6.07) is 7.55. The number of aryl methyl sites for hydroxylation is 1. The maximum absolute atomic E-state index is 11.5. The van der Waals surface area contributed by atoms with E-state index in [0.717, 1.165) is 5.56 Å². The summed E-state index contributed by atoms with van der Waals surface area (Å²) in [4.78, 5) is 25.9. The normalized spacial score (nSPS) is 10.8. The van der Waals surface area contributed by atoms with Gasteiger partial charge in [-0.2, -0.15) is 0 Å². The smallest absolute Gasteiger partial charge is 0.337 e. The molecule has 8 heteroatoms. The summed E-state index contributed by atoms with van der Waals surface area (Å²) in [6.07, 6.45) is 1.33. The first-order valence-electron chi connectivity index (χ1n) is 6.73. The van der Waals surface area contributed by atoms with Crippen LogP contribution < -0.4 is 0 Å². The molecule has 2 aromatic rings. The van der Waals surface area contributed by atoms with Crippen molar-refractivity contribution in [2.24, 2.45) is 4.99 Å². The highest BCUT2D eigenvalue weighted by atomic mass is 79.9. The second-order valence-electron chi connectivity index (χ2n) is 4.87. The zero-order chi connectivity index (χ0) is 17.9. The number of carbonyl (C=O) groups excluding carboxylic acids is 1. The van der Waals surface area contributed by atoms with E-state index in [9.17, 15) is 20.0 Å². The fourth-order valence-electron chi connectivity index (χ4n) is 2.03. The summed E-state index contributed by atoms with van der Waals surface area (Å²) in [6.45, 7) is 1.77. The lowest BCUT2D eigenvalue weighted by atomic mass is 10.1. The molecule has 2 rings (SSSR count). The van der Waals surface area contributed by atoms with Gasteiger partial charge < -0.3 is 9.84 Å². The SMILES string of the molecule is COC(=O)c1ccc(N=Cc2cc(Br)cc([N+](=O)[O-])c2O)c(C)c1. The molecular formula is C16H13BrN2O5. The van der Waals surface area contributed by atoms with Gasteiger partial charge in [-0.05, 0) is 36.8 Å². The van der Waals surface area contributed by atoms with Crippen LogP contribution in [0.5, 0.6) is 5.75 Å². The van der Waals surface area contributed by atoms with Gasteiger partial charge in [-0.25, -0.2) is 4.79 Å². The number of rotatable bonds is 4. The predicted molar refractivity (Wildman–Crippen MR) is 92.2 cm³/mol. The number of esters is 1. The van der Waals surface area contributed by atoms with E-state index in [4.69, 9.17) is 0 Å². The summed E-state index contributed by atoms with van der Waals surface area (Å²) in [7, 11) is 1.30. The van der Waals surface area contributed by atoms with Gasteiger partial charge in [-0.1, -0.05) is 15.9 Å². The summed E-state index contributed by atoms with van der Waals surface area (Å²) in [5.41, 5.74) is 1.47. The quantitative estimate of drug-likeness (QED) is 0.367. The zero-order valence-corrected chi connectivity index (χ0v) is 14.4. The Balaban J connectivity index is 2.38. The molecule has 1 N–H and O–H groups in total. The third-order valence-electron chi connectivity index (χ3n) is 3.24. The number of methoxy groups -OCH3 is 1. The summed E-state index contributed by atoms with van der Waals surface area (Å²) in [5, 5.41) is 20.9. The van der Waals surface area contributed by atoms with E-state index in [2.05, 4.69) is 25.7 Å². The number of aliphatic imine (C=N–C) groups is 1. The molecule has 0 heterocycles. The number of halogens is 1. The molecule has 0 fully saturated rings. The van der Waals surface area contributed by atoms with E-state index in [0.29, 0.717) is 15.7 Å². The number of ether oxygens (including phenoxy) is 1. The minimum absolute atomic E-state index is 0.201. The topological polar surface area (TPSA) is 102 Å². The van der Waals surface area contributed by atoms with Crippen molar-refractivity contribution in [2.45, 2.75) is 6.92 Å². The molecule has 0 radical (unpaired) electrons. The average molecular weight is 393 g/mol. The van der Waals surface area contributed by atoms with Gasteiger partial charge in [0.2, 0.25) is 5.75 Å². The van der Waals surface area contributed by atoms with Crippen molar-refractivity contribution >= 4 is 39.5 Å². The second-order valence-corrected chi connectivity index (χ2v) is 5.79. The van der Waals surface area contributed by atoms with E-state index >= 15 is 0 Å². The van der Waals surface area contributed by atoms with Crippen molar-refractivity contribution < 1.29 is 19.6 Å². The Bertz CT molecular complexity index is 849. The van der Waals surface area contributed by atoms with Gasteiger partial charge in [0.25, 0.3) is 0 Å². The van der Waals surface area contributed by atoms with Gasteiger partial charge in [0.15, 0.2) is 0 Å². The van der Waals surface area contributed by atoms with Gasteiger partial charge in [0, 0.05) is 22.3 Å². The van der Waals surface area contributed by atoms with Gasteiger partial charge in [-0.3, -0.25) is 15.1 Å². The van der Waals surface area contributed by atoms with Crippen LogP contribution in [0.3, 0.4) is 0 Å². The number of aromatic hydroxyl groups is 1. The first kappa shape index (κ1) is 17.6. The Hall–Kier alpha value is -2.74. The van der Waals surface area contributed by atoms with Crippen LogP contribution in [0.1, 0.15) is 21.5 Å². The van der Waals surface area contributed by atoms with Crippen LogP contribution in [-0.2, 0) is 4.74 Å². The highest BCUT2D eigenvalue weighted by molar-refractivity contribution is 9.10. The molecule has 0 aromatic heterocycles. The van der Waals surface area contributed by atoms with Crippen LogP contribution in [0.2, 0.25) is 0 Å². The fourth-order valence-corrected chi connectivity index (χ4v) is 2.49. The molecule has 0 amide bonds. The number of benzene rings is 2. The number of phenols is 1. The molecule has 0 saturated heterocycles. The molecule has 0 aliphatic rings. The maximum atomic E-state index is 11.5. The maximum Gasteiger partial charge on any atom is 0.337 e. The Labute approximate surface area is 145 Å². The molecule has 0 aliphatic heterocycles. The standard InChI is InChI=1S/C16H13BrN2O5/c1-9-5-10(16(21)24-2)3-4-13(9)18-8-11-6-12(17)7-14(15(11)20)19(22)23/h3-8,20H,1-2H3. The van der Waals surface area contributed by atoms with E-state index in [1.54, 1.807) is 25.1 Å². The lowest BCUT2D eigenvalue weighted by Crippen LogP contribution is -2.00. The number of nitrogens with zero attached hydrogens (tertiary/aromatic N) is 2. The summed E-state index contributed by atoms with van der Waals surface area (Å²) >= 11 is 3.16. The number of hydrogen-bond donors (Lipinski definition) is 1. The van der Waals surface area contributed by atoms with Gasteiger partial charge in [0.1, 0.15) is 0 Å². The minimum Gasteiger partial charge on any atom is -0.502 e. The largest absolute Gasteiger partial charge is 0.502 e. The molecule has 0 aliphatic carbocycles. The number of phenolic OH excluding ortho intramolecular Hbond substituents is 1. The molecule has 24 heavy (non-hydrogen) atoms. The van der Waals surface area contributed by atoms with Crippen molar-refractivity contribution in [3.05, 3.63) is 61.6 Å². The van der Waals surface area contributed by atoms with Crippen LogP contribution in [-0.4, -0.2) is 29.3 Å². The lowest BCUT2D eigenvalue weighted by Gasteiger charge is -2.04. The first-order chi connectivity index (χ1) is 11.3. The van der Waals surface area contributed by atoms with E-state index in [-0.39, 0.29) is 5.56 Å². The Morgan fingerprint density at radius 3 is 2.67 bits per heavy atom. The first-order valence-corrected chi connectivity index (χ1v) is 7.52. The predicted octanol–water partition coefficient (Wildman–Crippen LogP) is 3.91. The molecule has 7 nitrogen and oxygen atoms in total. The van der Waals surface area contributed by atoms with E-state index < -0.39 is 22.3 Å². The van der Waals surface area contributed by atoms with Gasteiger partial charge >= 0.3 is 11.7 Å². The lowest BCUT2D eigenvalue weighted by molar-refractivity contribution is -0.385. The van der Waals surface area contributed by atoms with Crippen molar-refractivity contribution in [1.29, 1.82) is 0 Å². The zero-order valence-electron chi connectivity index (χ0n) is 12.8. The van der Waals surface area contributed by atoms with Crippen LogP contribution in [0.25, 0.3) is 0 Å². The van der Waals surface area contributed by atoms with Crippen LogP contribution in [0.4, 0.5) is 11.4 Å². The number of nitro benzene ring substituents is 1. The third kappa shape index (κ3) is 3.77. The Morgan fingerprint density at radius 2 is 2.08 bits per heavy atom. The summed E-state index contributed by atoms with van der Waals surface area (Å²) in [5.74, 6) is -0.912.